The molecule has 0 radical (unpaired) electrons. The fraction of sp³-hybridized carbons (Fsp3) is 0.562. The lowest BCUT2D eigenvalue weighted by atomic mass is 10.1. The Morgan fingerprint density at radius 2 is 2.05 bits per heavy atom. The summed E-state index contributed by atoms with van der Waals surface area (Å²) in [6, 6.07) is 7.36. The Bertz CT molecular complexity index is 453. The average molecular weight is 277 g/mol. The molecule has 1 fully saturated rings. The lowest BCUT2D eigenvalue weighted by Gasteiger charge is -2.37. The van der Waals surface area contributed by atoms with Gasteiger partial charge >= 0.3 is 0 Å². The molecular weight excluding hydrogens is 254 g/mol. The average Bonchev–Trinajstić information content (AvgIpc) is 2.38. The number of carbonyl (C=O) groups is 1. The summed E-state index contributed by atoms with van der Waals surface area (Å²) in [5.41, 5.74) is 0.565. The largest absolute Gasteiger partial charge is 0.494 e. The van der Waals surface area contributed by atoms with Crippen LogP contribution in [-0.2, 0) is 4.74 Å². The Hall–Kier alpha value is -1.39. The first-order valence-corrected chi connectivity index (χ1v) is 7.12. The maximum absolute atomic E-state index is 12.3. The number of nitrogens with zero attached hydrogens (tertiary/aromatic N) is 1. The van der Waals surface area contributed by atoms with Gasteiger partial charge in [0.2, 0.25) is 0 Å². The molecule has 0 unspecified atom stereocenters. The number of Topliss-reactive ketones (excluding diaryl/α,β-unsaturated/α-hetero) is 1. The van der Waals surface area contributed by atoms with Gasteiger partial charge < -0.3 is 9.47 Å². The van der Waals surface area contributed by atoms with E-state index in [-0.39, 0.29) is 11.4 Å². The molecule has 2 rings (SSSR count). The second kappa shape index (κ2) is 6.37. The summed E-state index contributed by atoms with van der Waals surface area (Å²) in [7, 11) is 0. The predicted octanol–water partition coefficient (Wildman–Crippen LogP) is 2.38. The van der Waals surface area contributed by atoms with Crippen molar-refractivity contribution in [3.05, 3.63) is 29.8 Å². The van der Waals surface area contributed by atoms with Crippen LogP contribution in [0.25, 0.3) is 0 Å². The Labute approximate surface area is 120 Å². The van der Waals surface area contributed by atoms with Gasteiger partial charge in [-0.1, -0.05) is 0 Å². The zero-order valence-electron chi connectivity index (χ0n) is 12.5. The summed E-state index contributed by atoms with van der Waals surface area (Å²) in [6.45, 7) is 9.42. The summed E-state index contributed by atoms with van der Waals surface area (Å²) in [5.74, 6) is 0.947. The van der Waals surface area contributed by atoms with Crippen molar-refractivity contribution in [2.45, 2.75) is 26.4 Å². The normalized spacial score (nSPS) is 18.8. The van der Waals surface area contributed by atoms with Gasteiger partial charge in [0, 0.05) is 18.7 Å². The number of hydrogen-bond donors (Lipinski definition) is 0. The van der Waals surface area contributed by atoms with Gasteiger partial charge in [-0.05, 0) is 45.0 Å². The Kier molecular flexibility index (Phi) is 4.78. The summed E-state index contributed by atoms with van der Waals surface area (Å²) in [4.78, 5) is 14.4. The lowest BCUT2D eigenvalue weighted by molar-refractivity contribution is -0.0833. The third kappa shape index (κ3) is 4.05. The van der Waals surface area contributed by atoms with E-state index in [4.69, 9.17) is 9.47 Å². The number of ether oxygens (including phenoxy) is 2. The second-order valence-electron chi connectivity index (χ2n) is 5.70. The number of carbonyl (C=O) groups excluding carboxylic acids is 1. The molecule has 4 heteroatoms. The smallest absolute Gasteiger partial charge is 0.176 e. The van der Waals surface area contributed by atoms with E-state index >= 15 is 0 Å². The fourth-order valence-electron chi connectivity index (χ4n) is 2.45. The molecule has 1 aromatic rings. The second-order valence-corrected chi connectivity index (χ2v) is 5.70. The summed E-state index contributed by atoms with van der Waals surface area (Å²) in [6.07, 6.45) is 0. The van der Waals surface area contributed by atoms with E-state index in [0.717, 1.165) is 24.4 Å². The van der Waals surface area contributed by atoms with Crippen LogP contribution < -0.4 is 4.74 Å². The van der Waals surface area contributed by atoms with Gasteiger partial charge in [0.05, 0.1) is 25.4 Å². The van der Waals surface area contributed by atoms with Gasteiger partial charge in [0.25, 0.3) is 0 Å². The van der Waals surface area contributed by atoms with Gasteiger partial charge in [-0.15, -0.1) is 0 Å². The molecule has 0 bridgehead atoms. The molecule has 0 amide bonds. The van der Waals surface area contributed by atoms with E-state index < -0.39 is 0 Å². The molecule has 1 aliphatic heterocycles. The maximum Gasteiger partial charge on any atom is 0.176 e. The molecule has 1 aliphatic rings. The van der Waals surface area contributed by atoms with Crippen LogP contribution in [0.2, 0.25) is 0 Å². The van der Waals surface area contributed by atoms with E-state index in [1.807, 2.05) is 31.2 Å². The molecular formula is C16H23NO3. The molecule has 0 N–H and O–H groups in total. The molecule has 0 atom stereocenters. The standard InChI is InChI=1S/C16H23NO3/c1-4-19-14-7-5-13(6-8-14)15(18)11-17-9-10-20-16(2,3)12-17/h5-8H,4,9-12H2,1-3H3. The number of rotatable bonds is 5. The molecule has 0 aromatic heterocycles. The molecule has 1 aromatic carbocycles. The zero-order chi connectivity index (χ0) is 14.6. The van der Waals surface area contributed by atoms with Crippen molar-refractivity contribution in [1.29, 1.82) is 0 Å². The third-order valence-electron chi connectivity index (χ3n) is 3.36. The topological polar surface area (TPSA) is 38.8 Å². The van der Waals surface area contributed by atoms with E-state index in [1.165, 1.54) is 0 Å². The Morgan fingerprint density at radius 1 is 1.35 bits per heavy atom. The van der Waals surface area contributed by atoms with Crippen LogP contribution in [0.3, 0.4) is 0 Å². The van der Waals surface area contributed by atoms with Crippen LogP contribution >= 0.6 is 0 Å². The van der Waals surface area contributed by atoms with Crippen molar-refractivity contribution in [3.8, 4) is 5.75 Å². The minimum Gasteiger partial charge on any atom is -0.494 e. The highest BCUT2D eigenvalue weighted by molar-refractivity contribution is 5.97. The summed E-state index contributed by atoms with van der Waals surface area (Å²) < 4.78 is 11.0. The number of hydrogen-bond acceptors (Lipinski definition) is 4. The first-order chi connectivity index (χ1) is 9.50. The van der Waals surface area contributed by atoms with Crippen molar-refractivity contribution in [2.75, 3.05) is 32.8 Å². The molecule has 0 saturated carbocycles. The van der Waals surface area contributed by atoms with Crippen LogP contribution in [0.1, 0.15) is 31.1 Å². The van der Waals surface area contributed by atoms with Gasteiger partial charge in [-0.25, -0.2) is 0 Å². The van der Waals surface area contributed by atoms with Gasteiger partial charge in [0.1, 0.15) is 5.75 Å². The van der Waals surface area contributed by atoms with E-state index in [1.54, 1.807) is 0 Å². The highest BCUT2D eigenvalue weighted by atomic mass is 16.5. The first kappa shape index (κ1) is 15.0. The van der Waals surface area contributed by atoms with Crippen molar-refractivity contribution < 1.29 is 14.3 Å². The van der Waals surface area contributed by atoms with Gasteiger partial charge in [0.15, 0.2) is 5.78 Å². The quantitative estimate of drug-likeness (QED) is 0.775. The molecule has 0 spiro atoms. The SMILES string of the molecule is CCOc1ccc(C(=O)CN2CCOC(C)(C)C2)cc1. The van der Waals surface area contributed by atoms with Crippen molar-refractivity contribution in [1.82, 2.24) is 4.90 Å². The Morgan fingerprint density at radius 3 is 2.65 bits per heavy atom. The minimum absolute atomic E-state index is 0.144. The Balaban J connectivity index is 1.94. The van der Waals surface area contributed by atoms with Crippen LogP contribution in [0.4, 0.5) is 0 Å². The van der Waals surface area contributed by atoms with Crippen LogP contribution in [0, 0.1) is 0 Å². The molecule has 110 valence electrons. The lowest BCUT2D eigenvalue weighted by Crippen LogP contribution is -2.49. The number of benzene rings is 1. The number of morpholine rings is 1. The fourth-order valence-corrected chi connectivity index (χ4v) is 2.45. The maximum atomic E-state index is 12.3. The predicted molar refractivity (Wildman–Crippen MR) is 78.4 cm³/mol. The third-order valence-corrected chi connectivity index (χ3v) is 3.36. The highest BCUT2D eigenvalue weighted by Gasteiger charge is 2.28. The van der Waals surface area contributed by atoms with Crippen LogP contribution in [0.15, 0.2) is 24.3 Å². The molecule has 4 nitrogen and oxygen atoms in total. The molecule has 20 heavy (non-hydrogen) atoms. The minimum atomic E-state index is -0.169. The zero-order valence-corrected chi connectivity index (χ0v) is 12.5. The van der Waals surface area contributed by atoms with E-state index in [2.05, 4.69) is 18.7 Å². The highest BCUT2D eigenvalue weighted by Crippen LogP contribution is 2.17. The van der Waals surface area contributed by atoms with Crippen LogP contribution in [0.5, 0.6) is 5.75 Å². The molecule has 1 heterocycles. The summed E-state index contributed by atoms with van der Waals surface area (Å²) >= 11 is 0. The number of ketones is 1. The van der Waals surface area contributed by atoms with Crippen molar-refractivity contribution >= 4 is 5.78 Å². The molecule has 1 saturated heterocycles. The van der Waals surface area contributed by atoms with Gasteiger partial charge in [-0.2, -0.15) is 0 Å². The van der Waals surface area contributed by atoms with Crippen molar-refractivity contribution in [3.63, 3.8) is 0 Å². The van der Waals surface area contributed by atoms with E-state index in [9.17, 15) is 4.79 Å². The van der Waals surface area contributed by atoms with Gasteiger partial charge in [-0.3, -0.25) is 9.69 Å². The first-order valence-electron chi connectivity index (χ1n) is 7.12. The monoisotopic (exact) mass is 277 g/mol. The van der Waals surface area contributed by atoms with Crippen molar-refractivity contribution in [2.24, 2.45) is 0 Å². The summed E-state index contributed by atoms with van der Waals surface area (Å²) in [5, 5.41) is 0. The van der Waals surface area contributed by atoms with E-state index in [0.29, 0.717) is 19.8 Å². The van der Waals surface area contributed by atoms with Crippen LogP contribution in [-0.4, -0.2) is 49.1 Å². The molecule has 0 aliphatic carbocycles.